The molecule has 2 aromatic heterocycles. The minimum Gasteiger partial charge on any atom is -0.497 e. The van der Waals surface area contributed by atoms with Crippen LogP contribution < -0.4 is 9.04 Å². The van der Waals surface area contributed by atoms with Gasteiger partial charge in [0.1, 0.15) is 17.2 Å². The van der Waals surface area contributed by atoms with Crippen molar-refractivity contribution in [2.45, 2.75) is 18.4 Å². The third-order valence-corrected chi connectivity index (χ3v) is 7.26. The summed E-state index contributed by atoms with van der Waals surface area (Å²) in [6, 6.07) is 19.1. The van der Waals surface area contributed by atoms with Crippen LogP contribution in [0.1, 0.15) is 11.5 Å². The van der Waals surface area contributed by atoms with Crippen LogP contribution in [0.25, 0.3) is 10.8 Å². The number of rotatable bonds is 7. The lowest BCUT2D eigenvalue weighted by molar-refractivity contribution is 0.415. The van der Waals surface area contributed by atoms with E-state index in [1.54, 1.807) is 68.6 Å². The van der Waals surface area contributed by atoms with Gasteiger partial charge >= 0.3 is 0 Å². The van der Waals surface area contributed by atoms with Crippen LogP contribution in [-0.4, -0.2) is 20.5 Å². The van der Waals surface area contributed by atoms with E-state index < -0.39 is 10.0 Å². The van der Waals surface area contributed by atoms with Gasteiger partial charge in [-0.05, 0) is 54.8 Å². The summed E-state index contributed by atoms with van der Waals surface area (Å²) >= 11 is 1.52. The first-order valence-electron chi connectivity index (χ1n) is 9.21. The van der Waals surface area contributed by atoms with Crippen molar-refractivity contribution in [2.75, 3.05) is 11.4 Å². The molecule has 8 heteroatoms. The number of thiophene rings is 1. The van der Waals surface area contributed by atoms with E-state index in [-0.39, 0.29) is 11.4 Å². The molecule has 2 aromatic carbocycles. The van der Waals surface area contributed by atoms with Gasteiger partial charge in [0, 0.05) is 0 Å². The standard InChI is InChI=1S/C22H20N2O4S2/c1-16-20(23-22(28-16)21-9-6-14-29-21)15-24(17-10-12-18(27-2)13-11-17)30(25,26)19-7-4-3-5-8-19/h3-14H,15H2,1-2H3. The van der Waals surface area contributed by atoms with Crippen molar-refractivity contribution in [3.63, 3.8) is 0 Å². The number of oxazole rings is 1. The molecule has 2 heterocycles. The van der Waals surface area contributed by atoms with Crippen LogP contribution in [0.3, 0.4) is 0 Å². The highest BCUT2D eigenvalue weighted by Crippen LogP contribution is 2.30. The second-order valence-electron chi connectivity index (χ2n) is 6.52. The van der Waals surface area contributed by atoms with E-state index in [0.717, 1.165) is 4.88 Å². The lowest BCUT2D eigenvalue weighted by atomic mass is 10.3. The highest BCUT2D eigenvalue weighted by atomic mass is 32.2. The quantitative estimate of drug-likeness (QED) is 0.399. The number of methoxy groups -OCH3 is 1. The summed E-state index contributed by atoms with van der Waals surface area (Å²) in [5.41, 5.74) is 1.08. The number of benzene rings is 2. The van der Waals surface area contributed by atoms with Gasteiger partial charge in [0.15, 0.2) is 0 Å². The molecule has 0 radical (unpaired) electrons. The Bertz CT molecular complexity index is 1220. The largest absolute Gasteiger partial charge is 0.497 e. The number of nitrogens with zero attached hydrogens (tertiary/aromatic N) is 2. The number of aryl methyl sites for hydroxylation is 1. The number of aromatic nitrogens is 1. The zero-order valence-corrected chi connectivity index (χ0v) is 18.1. The number of ether oxygens (including phenoxy) is 1. The van der Waals surface area contributed by atoms with Crippen LogP contribution in [-0.2, 0) is 16.6 Å². The molecule has 0 saturated carbocycles. The minimum atomic E-state index is -3.82. The van der Waals surface area contributed by atoms with Gasteiger partial charge in [-0.15, -0.1) is 11.3 Å². The molecule has 0 spiro atoms. The molecular formula is C22H20N2O4S2. The summed E-state index contributed by atoms with van der Waals surface area (Å²) in [6.07, 6.45) is 0. The molecule has 0 bridgehead atoms. The summed E-state index contributed by atoms with van der Waals surface area (Å²) in [6.45, 7) is 1.84. The van der Waals surface area contributed by atoms with Crippen molar-refractivity contribution in [1.29, 1.82) is 0 Å². The Morgan fingerprint density at radius 2 is 1.77 bits per heavy atom. The van der Waals surface area contributed by atoms with Gasteiger partial charge in [0.25, 0.3) is 10.0 Å². The van der Waals surface area contributed by atoms with Gasteiger partial charge in [-0.25, -0.2) is 13.4 Å². The molecule has 4 aromatic rings. The monoisotopic (exact) mass is 440 g/mol. The average Bonchev–Trinajstić information content (AvgIpc) is 3.43. The zero-order chi connectivity index (χ0) is 21.1. The molecule has 0 N–H and O–H groups in total. The van der Waals surface area contributed by atoms with E-state index in [0.29, 0.717) is 28.8 Å². The lowest BCUT2D eigenvalue weighted by Crippen LogP contribution is -2.31. The normalized spacial score (nSPS) is 11.4. The Balaban J connectivity index is 1.76. The molecule has 0 atom stereocenters. The topological polar surface area (TPSA) is 72.6 Å². The minimum absolute atomic E-state index is 0.0459. The zero-order valence-electron chi connectivity index (χ0n) is 16.5. The van der Waals surface area contributed by atoms with E-state index in [1.807, 2.05) is 17.5 Å². The first kappa shape index (κ1) is 20.2. The van der Waals surface area contributed by atoms with Crippen LogP contribution in [0.4, 0.5) is 5.69 Å². The maximum atomic E-state index is 13.5. The Morgan fingerprint density at radius 1 is 1.03 bits per heavy atom. The van der Waals surface area contributed by atoms with E-state index >= 15 is 0 Å². The summed E-state index contributed by atoms with van der Waals surface area (Å²) in [5.74, 6) is 1.72. The summed E-state index contributed by atoms with van der Waals surface area (Å²) in [4.78, 5) is 5.67. The second-order valence-corrected chi connectivity index (χ2v) is 9.33. The van der Waals surface area contributed by atoms with Crippen LogP contribution >= 0.6 is 11.3 Å². The molecule has 0 fully saturated rings. The van der Waals surface area contributed by atoms with Crippen molar-refractivity contribution in [3.8, 4) is 16.5 Å². The fourth-order valence-electron chi connectivity index (χ4n) is 3.00. The van der Waals surface area contributed by atoms with Crippen LogP contribution in [0.15, 0.2) is 81.4 Å². The van der Waals surface area contributed by atoms with E-state index in [1.165, 1.54) is 15.6 Å². The van der Waals surface area contributed by atoms with Crippen LogP contribution in [0.2, 0.25) is 0 Å². The predicted octanol–water partition coefficient (Wildman–Crippen LogP) is 5.12. The van der Waals surface area contributed by atoms with Gasteiger partial charge < -0.3 is 9.15 Å². The molecule has 6 nitrogen and oxygen atoms in total. The molecule has 30 heavy (non-hydrogen) atoms. The van der Waals surface area contributed by atoms with Crippen LogP contribution in [0.5, 0.6) is 5.75 Å². The van der Waals surface area contributed by atoms with E-state index in [2.05, 4.69) is 4.98 Å². The van der Waals surface area contributed by atoms with Crippen molar-refractivity contribution in [1.82, 2.24) is 4.98 Å². The van der Waals surface area contributed by atoms with Gasteiger partial charge in [0.05, 0.1) is 29.1 Å². The SMILES string of the molecule is COc1ccc(N(Cc2nc(-c3cccs3)oc2C)S(=O)(=O)c2ccccc2)cc1. The molecule has 0 unspecified atom stereocenters. The Labute approximate surface area is 179 Å². The average molecular weight is 441 g/mol. The fourth-order valence-corrected chi connectivity index (χ4v) is 5.10. The second kappa shape index (κ2) is 8.33. The first-order chi connectivity index (χ1) is 14.5. The number of sulfonamides is 1. The first-order valence-corrected chi connectivity index (χ1v) is 11.5. The molecule has 154 valence electrons. The third kappa shape index (κ3) is 3.96. The van der Waals surface area contributed by atoms with Gasteiger partial charge in [0.2, 0.25) is 5.89 Å². The molecular weight excluding hydrogens is 420 g/mol. The number of anilines is 1. The van der Waals surface area contributed by atoms with E-state index in [4.69, 9.17) is 9.15 Å². The number of hydrogen-bond acceptors (Lipinski definition) is 6. The maximum Gasteiger partial charge on any atom is 0.264 e. The van der Waals surface area contributed by atoms with Crippen molar-refractivity contribution in [3.05, 3.63) is 83.6 Å². The summed E-state index contributed by atoms with van der Waals surface area (Å²) in [7, 11) is -2.25. The van der Waals surface area contributed by atoms with Gasteiger partial charge in [-0.3, -0.25) is 4.31 Å². The van der Waals surface area contributed by atoms with Crippen molar-refractivity contribution >= 4 is 27.0 Å². The number of hydrogen-bond donors (Lipinski definition) is 0. The van der Waals surface area contributed by atoms with Gasteiger partial charge in [-0.2, -0.15) is 0 Å². The van der Waals surface area contributed by atoms with Crippen molar-refractivity contribution < 1.29 is 17.6 Å². The Morgan fingerprint density at radius 3 is 2.40 bits per heavy atom. The highest BCUT2D eigenvalue weighted by molar-refractivity contribution is 7.92. The Kier molecular flexibility index (Phi) is 5.61. The van der Waals surface area contributed by atoms with Crippen LogP contribution in [0, 0.1) is 6.92 Å². The molecule has 0 amide bonds. The molecule has 0 aliphatic heterocycles. The molecule has 0 saturated heterocycles. The molecule has 0 aliphatic carbocycles. The smallest absolute Gasteiger partial charge is 0.264 e. The lowest BCUT2D eigenvalue weighted by Gasteiger charge is -2.24. The Hall–Kier alpha value is -3.10. The van der Waals surface area contributed by atoms with Crippen molar-refractivity contribution in [2.24, 2.45) is 0 Å². The third-order valence-electron chi connectivity index (χ3n) is 4.61. The summed E-state index contributed by atoms with van der Waals surface area (Å²) in [5, 5.41) is 1.94. The fraction of sp³-hybridized carbons (Fsp3) is 0.136. The maximum absolute atomic E-state index is 13.5. The molecule has 4 rings (SSSR count). The van der Waals surface area contributed by atoms with E-state index in [9.17, 15) is 8.42 Å². The summed E-state index contributed by atoms with van der Waals surface area (Å²) < 4.78 is 39.3. The molecule has 0 aliphatic rings. The predicted molar refractivity (Wildman–Crippen MR) is 117 cm³/mol. The highest BCUT2D eigenvalue weighted by Gasteiger charge is 2.27. The van der Waals surface area contributed by atoms with Gasteiger partial charge in [-0.1, -0.05) is 24.3 Å².